The predicted molar refractivity (Wildman–Crippen MR) is 156 cm³/mol. The van der Waals surface area contributed by atoms with E-state index in [0.29, 0.717) is 18.7 Å². The monoisotopic (exact) mass is 558 g/mol. The Labute approximate surface area is 228 Å². The minimum absolute atomic E-state index is 0.315. The maximum absolute atomic E-state index is 13.1. The minimum atomic E-state index is -1.16. The van der Waals surface area contributed by atoms with Crippen molar-refractivity contribution in [3.05, 3.63) is 117 Å². The van der Waals surface area contributed by atoms with Gasteiger partial charge in [-0.3, -0.25) is 0 Å². The Bertz CT molecular complexity index is 1330. The van der Waals surface area contributed by atoms with Gasteiger partial charge in [0, 0.05) is 34.6 Å². The van der Waals surface area contributed by atoms with Crippen LogP contribution >= 0.6 is 15.9 Å². The Hall–Kier alpha value is -2.86. The van der Waals surface area contributed by atoms with Crippen molar-refractivity contribution in [2.75, 3.05) is 33.1 Å². The number of allylic oxidation sites excluding steroid dienone is 1. The van der Waals surface area contributed by atoms with E-state index in [2.05, 4.69) is 107 Å². The standard InChI is InChI=1S/C32H35BrN2O2/c1-35(2)19-18-32(36,28-15-9-13-22-10-7-8-14-26(22)28)30(23-11-5-4-6-12-23)27-21-24-20-25(33)16-17-29(24)34-31(27)37-3/h4-6,8-9,11-17,20,30,34,36H,7,10,18-19,21H2,1-3H3/t30?,32-/m1/s1. The lowest BCUT2D eigenvalue weighted by molar-refractivity contribution is 0.00111. The molecule has 0 aromatic heterocycles. The molecule has 3 aromatic carbocycles. The quantitative estimate of drug-likeness (QED) is 0.317. The third-order valence-corrected chi connectivity index (χ3v) is 8.11. The fraction of sp³-hybridized carbons (Fsp3) is 0.312. The second kappa shape index (κ2) is 10.9. The maximum atomic E-state index is 13.1. The molecule has 2 atom stereocenters. The van der Waals surface area contributed by atoms with Crippen LogP contribution in [0.3, 0.4) is 0 Å². The van der Waals surface area contributed by atoms with Gasteiger partial charge in [0.2, 0.25) is 0 Å². The van der Waals surface area contributed by atoms with Crippen molar-refractivity contribution in [1.82, 2.24) is 4.90 Å². The Morgan fingerprint density at radius 1 is 1.05 bits per heavy atom. The summed E-state index contributed by atoms with van der Waals surface area (Å²) in [6, 6.07) is 23.1. The fourth-order valence-electron chi connectivity index (χ4n) is 5.82. The first kappa shape index (κ1) is 25.8. The van der Waals surface area contributed by atoms with Crippen LogP contribution in [0, 0.1) is 0 Å². The molecule has 5 heteroatoms. The number of nitrogens with one attached hydrogen (secondary N) is 1. The Balaban J connectivity index is 1.74. The number of aliphatic hydroxyl groups is 1. The first-order valence-electron chi connectivity index (χ1n) is 12.9. The Morgan fingerprint density at radius 3 is 2.62 bits per heavy atom. The van der Waals surface area contributed by atoms with E-state index < -0.39 is 5.60 Å². The van der Waals surface area contributed by atoms with Gasteiger partial charge in [0.15, 0.2) is 5.88 Å². The average Bonchev–Trinajstić information content (AvgIpc) is 2.92. The third kappa shape index (κ3) is 5.13. The molecule has 1 aliphatic heterocycles. The highest BCUT2D eigenvalue weighted by molar-refractivity contribution is 9.10. The SMILES string of the molecule is COC1=C(C(c2ccccc2)[C@@](O)(CCN(C)C)c2cccc3c2C=CCC3)Cc2cc(Br)ccc2N1. The zero-order valence-electron chi connectivity index (χ0n) is 21.8. The summed E-state index contributed by atoms with van der Waals surface area (Å²) in [5, 5.41) is 16.6. The summed E-state index contributed by atoms with van der Waals surface area (Å²) < 4.78 is 7.02. The fourth-order valence-corrected chi connectivity index (χ4v) is 6.23. The van der Waals surface area contributed by atoms with E-state index in [1.54, 1.807) is 7.11 Å². The summed E-state index contributed by atoms with van der Waals surface area (Å²) in [4.78, 5) is 2.15. The summed E-state index contributed by atoms with van der Waals surface area (Å²) in [6.07, 6.45) is 7.71. The molecule has 1 aliphatic carbocycles. The van der Waals surface area contributed by atoms with E-state index in [9.17, 15) is 5.11 Å². The van der Waals surface area contributed by atoms with Crippen molar-refractivity contribution in [2.24, 2.45) is 0 Å². The topological polar surface area (TPSA) is 44.7 Å². The number of nitrogens with zero attached hydrogens (tertiary/aromatic N) is 1. The van der Waals surface area contributed by atoms with Gasteiger partial charge in [-0.2, -0.15) is 0 Å². The number of anilines is 1. The summed E-state index contributed by atoms with van der Waals surface area (Å²) >= 11 is 3.65. The smallest absolute Gasteiger partial charge is 0.191 e. The molecule has 0 amide bonds. The summed E-state index contributed by atoms with van der Waals surface area (Å²) in [7, 11) is 5.84. The number of halogens is 1. The van der Waals surface area contributed by atoms with E-state index in [4.69, 9.17) is 4.74 Å². The Morgan fingerprint density at radius 2 is 1.86 bits per heavy atom. The summed E-state index contributed by atoms with van der Waals surface area (Å²) in [5.74, 6) is 0.400. The molecule has 0 fully saturated rings. The van der Waals surface area contributed by atoms with E-state index in [0.717, 1.165) is 51.8 Å². The summed E-state index contributed by atoms with van der Waals surface area (Å²) in [6.45, 7) is 0.748. The highest BCUT2D eigenvalue weighted by atomic mass is 79.9. The molecule has 1 heterocycles. The number of hydrogen-bond donors (Lipinski definition) is 2. The van der Waals surface area contributed by atoms with Gasteiger partial charge < -0.3 is 20.1 Å². The van der Waals surface area contributed by atoms with Gasteiger partial charge in [0.05, 0.1) is 7.11 Å². The van der Waals surface area contributed by atoms with Gasteiger partial charge in [-0.25, -0.2) is 0 Å². The normalized spacial score (nSPS) is 17.0. The first-order valence-corrected chi connectivity index (χ1v) is 13.7. The molecule has 0 radical (unpaired) electrons. The van der Waals surface area contributed by atoms with Crippen molar-refractivity contribution in [1.29, 1.82) is 0 Å². The van der Waals surface area contributed by atoms with Crippen molar-refractivity contribution in [3.63, 3.8) is 0 Å². The lowest BCUT2D eigenvalue weighted by atomic mass is 9.68. The van der Waals surface area contributed by atoms with Crippen LogP contribution in [0.2, 0.25) is 0 Å². The molecule has 2 N–H and O–H groups in total. The molecule has 0 spiro atoms. The van der Waals surface area contributed by atoms with Crippen LogP contribution in [0.5, 0.6) is 0 Å². The zero-order chi connectivity index (χ0) is 26.0. The van der Waals surface area contributed by atoms with Crippen LogP contribution in [0.4, 0.5) is 5.69 Å². The van der Waals surface area contributed by atoms with Crippen molar-refractivity contribution < 1.29 is 9.84 Å². The molecule has 0 bridgehead atoms. The van der Waals surface area contributed by atoms with Crippen LogP contribution in [-0.2, 0) is 23.2 Å². The lowest BCUT2D eigenvalue weighted by Crippen LogP contribution is -2.40. The molecule has 0 saturated heterocycles. The van der Waals surface area contributed by atoms with E-state index in [1.165, 1.54) is 11.1 Å². The van der Waals surface area contributed by atoms with Crippen LogP contribution in [0.15, 0.2) is 88.7 Å². The second-order valence-corrected chi connectivity index (χ2v) is 11.2. The van der Waals surface area contributed by atoms with Crippen molar-refractivity contribution in [3.8, 4) is 0 Å². The molecule has 0 saturated carbocycles. The van der Waals surface area contributed by atoms with Crippen LogP contribution in [-0.4, -0.2) is 37.8 Å². The third-order valence-electron chi connectivity index (χ3n) is 7.62. The molecule has 3 aromatic rings. The maximum Gasteiger partial charge on any atom is 0.191 e. The molecule has 1 unspecified atom stereocenters. The molecule has 37 heavy (non-hydrogen) atoms. The van der Waals surface area contributed by atoms with Crippen LogP contribution < -0.4 is 5.32 Å². The predicted octanol–water partition coefficient (Wildman–Crippen LogP) is 6.86. The number of fused-ring (bicyclic) bond motifs is 2. The molecule has 2 aliphatic rings. The molecule has 4 nitrogen and oxygen atoms in total. The van der Waals surface area contributed by atoms with Gasteiger partial charge >= 0.3 is 0 Å². The van der Waals surface area contributed by atoms with Gasteiger partial charge in [-0.05, 0) is 79.4 Å². The highest BCUT2D eigenvalue weighted by Crippen LogP contribution is 2.50. The van der Waals surface area contributed by atoms with Gasteiger partial charge in [0.1, 0.15) is 5.60 Å². The van der Waals surface area contributed by atoms with Crippen LogP contribution in [0.25, 0.3) is 6.08 Å². The highest BCUT2D eigenvalue weighted by Gasteiger charge is 2.45. The van der Waals surface area contributed by atoms with E-state index in [-0.39, 0.29) is 5.92 Å². The van der Waals surface area contributed by atoms with Crippen molar-refractivity contribution in [2.45, 2.75) is 37.2 Å². The number of benzene rings is 3. The average molecular weight is 560 g/mol. The zero-order valence-corrected chi connectivity index (χ0v) is 23.4. The van der Waals surface area contributed by atoms with E-state index >= 15 is 0 Å². The summed E-state index contributed by atoms with van der Waals surface area (Å²) in [5.41, 5.74) is 6.62. The largest absolute Gasteiger partial charge is 0.482 e. The lowest BCUT2D eigenvalue weighted by Gasteiger charge is -2.42. The number of hydrogen-bond acceptors (Lipinski definition) is 4. The Kier molecular flexibility index (Phi) is 7.57. The second-order valence-electron chi connectivity index (χ2n) is 10.3. The van der Waals surface area contributed by atoms with E-state index in [1.807, 2.05) is 12.1 Å². The number of methoxy groups -OCH3 is 1. The number of aryl methyl sites for hydroxylation is 1. The minimum Gasteiger partial charge on any atom is -0.482 e. The van der Waals surface area contributed by atoms with Gasteiger partial charge in [-0.1, -0.05) is 76.6 Å². The molecule has 5 rings (SSSR count). The first-order chi connectivity index (χ1) is 17.9. The van der Waals surface area contributed by atoms with Crippen LogP contribution in [0.1, 0.15) is 46.6 Å². The molecular formula is C32H35BrN2O2. The molecule has 192 valence electrons. The number of rotatable bonds is 8. The molecular weight excluding hydrogens is 524 g/mol. The van der Waals surface area contributed by atoms with Gasteiger partial charge in [0.25, 0.3) is 0 Å². The van der Waals surface area contributed by atoms with Crippen molar-refractivity contribution >= 4 is 27.7 Å². The van der Waals surface area contributed by atoms with Gasteiger partial charge in [-0.15, -0.1) is 0 Å². The number of ether oxygens (including phenoxy) is 1.